The molecule has 0 saturated carbocycles. The summed E-state index contributed by atoms with van der Waals surface area (Å²) in [6.45, 7) is 19.5. The summed E-state index contributed by atoms with van der Waals surface area (Å²) < 4.78 is 3.76. The van der Waals surface area contributed by atoms with E-state index in [0.717, 1.165) is 0 Å². The van der Waals surface area contributed by atoms with Crippen LogP contribution in [0.1, 0.15) is 54.4 Å². The van der Waals surface area contributed by atoms with Gasteiger partial charge in [-0.05, 0) is 0 Å². The minimum Gasteiger partial charge on any atom is -1.00 e. The van der Waals surface area contributed by atoms with E-state index in [9.17, 15) is 0 Å². The van der Waals surface area contributed by atoms with Crippen LogP contribution in [0.15, 0.2) is 43.2 Å². The summed E-state index contributed by atoms with van der Waals surface area (Å²) in [5.41, 5.74) is 3.93. The molecule has 0 nitrogen and oxygen atoms in total. The fourth-order valence-corrected chi connectivity index (χ4v) is 16.3. The normalized spacial score (nSPS) is 16.8. The Morgan fingerprint density at radius 1 is 0.750 bits per heavy atom. The van der Waals surface area contributed by atoms with E-state index in [0.29, 0.717) is 10.8 Å². The largest absolute Gasteiger partial charge is 1.00 e. The Hall–Kier alpha value is 0.471. The van der Waals surface area contributed by atoms with Crippen molar-refractivity contribution < 1.29 is 41.4 Å². The summed E-state index contributed by atoms with van der Waals surface area (Å²) in [5.74, 6) is 0. The second-order valence-electron chi connectivity index (χ2n) is 8.87. The van der Waals surface area contributed by atoms with E-state index in [1.165, 1.54) is 12.8 Å². The third kappa shape index (κ3) is 5.24. The van der Waals surface area contributed by atoms with E-state index in [1.54, 1.807) is 11.1 Å². The number of rotatable bonds is 2. The van der Waals surface area contributed by atoms with Crippen LogP contribution in [0.3, 0.4) is 0 Å². The number of allylic oxidation sites excluding steroid dienone is 8. The molecular weight excluding hydrogens is 387 g/mol. The Kier molecular flexibility index (Phi) is 9.09. The summed E-state index contributed by atoms with van der Waals surface area (Å²) in [6.07, 6.45) is 11.9. The first-order chi connectivity index (χ1) is 10.0. The van der Waals surface area contributed by atoms with Gasteiger partial charge in [0.25, 0.3) is 0 Å². The first-order valence-electron chi connectivity index (χ1n) is 8.52. The molecule has 0 heterocycles. The summed E-state index contributed by atoms with van der Waals surface area (Å²) in [6, 6.07) is 0. The Morgan fingerprint density at radius 2 is 1.08 bits per heavy atom. The van der Waals surface area contributed by atoms with Gasteiger partial charge in [-0.2, -0.15) is 0 Å². The average Bonchev–Trinajstić information content (AvgIpc) is 2.95. The molecule has 0 amide bonds. The molecule has 0 aliphatic heterocycles. The maximum Gasteiger partial charge on any atom is -1.00 e. The van der Waals surface area contributed by atoms with Crippen LogP contribution < -0.4 is 24.8 Å². The second-order valence-corrected chi connectivity index (χ2v) is 20.7. The molecule has 134 valence electrons. The van der Waals surface area contributed by atoms with Gasteiger partial charge in [-0.15, -0.1) is 0 Å². The zero-order valence-corrected chi connectivity index (χ0v) is 20.6. The topological polar surface area (TPSA) is 0 Å². The standard InChI is InChI=1S/2C9H13.C2H6Si.2ClH.Ti/c2*1-9(2,3)8-6-4-5-7-8;1-3-2;;;/h2*4,6H,5H2,1-3H3;1-2H3;2*1H;/q;;;;;+2/p-2. The first-order valence-corrected chi connectivity index (χ1v) is 14.9. The minimum absolute atomic E-state index is 0. The molecule has 0 spiro atoms. The van der Waals surface area contributed by atoms with Crippen LogP contribution in [0, 0.1) is 10.8 Å². The molecule has 0 aromatic heterocycles. The SMILES string of the molecule is C[Si](C)=[Ti+2]([C]1=C(C(C)(C)C)C=CC1)[C]1=C(C(C)(C)C)C=CC1.[Cl-].[Cl-]. The molecule has 0 N–H and O–H groups in total. The van der Waals surface area contributed by atoms with E-state index in [2.05, 4.69) is 78.9 Å². The third-order valence-electron chi connectivity index (χ3n) is 4.58. The monoisotopic (exact) mass is 418 g/mol. The van der Waals surface area contributed by atoms with Crippen molar-refractivity contribution in [1.29, 1.82) is 0 Å². The zero-order chi connectivity index (χ0) is 16.7. The fraction of sp³-hybridized carbons (Fsp3) is 0.600. The van der Waals surface area contributed by atoms with E-state index in [-0.39, 0.29) is 31.0 Å². The second kappa shape index (κ2) is 8.91. The maximum atomic E-state index is 2.57. The molecule has 24 heavy (non-hydrogen) atoms. The molecule has 0 fully saturated rings. The number of halogens is 2. The molecule has 2 aliphatic rings. The van der Waals surface area contributed by atoms with Crippen molar-refractivity contribution >= 4 is 6.19 Å². The number of hydrogen-bond donors (Lipinski definition) is 0. The summed E-state index contributed by atoms with van der Waals surface area (Å²) in [5, 5.41) is 0. The van der Waals surface area contributed by atoms with Gasteiger partial charge in [0.1, 0.15) is 0 Å². The molecule has 0 aromatic rings. The van der Waals surface area contributed by atoms with Crippen molar-refractivity contribution in [3.8, 4) is 0 Å². The quantitative estimate of drug-likeness (QED) is 0.569. The molecule has 0 atom stereocenters. The molecule has 0 saturated heterocycles. The van der Waals surface area contributed by atoms with Gasteiger partial charge in [0.05, 0.1) is 0 Å². The van der Waals surface area contributed by atoms with Crippen molar-refractivity contribution in [2.24, 2.45) is 10.8 Å². The smallest absolute Gasteiger partial charge is 1.00 e. The van der Waals surface area contributed by atoms with E-state index in [1.807, 2.05) is 7.76 Å². The Balaban J connectivity index is 0.00000264. The number of hydrogen-bond acceptors (Lipinski definition) is 0. The van der Waals surface area contributed by atoms with Crippen LogP contribution in [0.25, 0.3) is 0 Å². The van der Waals surface area contributed by atoms with Gasteiger partial charge in [-0.25, -0.2) is 0 Å². The molecule has 0 bridgehead atoms. The average molecular weight is 419 g/mol. The van der Waals surface area contributed by atoms with Gasteiger partial charge < -0.3 is 24.8 Å². The van der Waals surface area contributed by atoms with Gasteiger partial charge in [-0.3, -0.25) is 0 Å². The zero-order valence-electron chi connectivity index (χ0n) is 16.5. The summed E-state index contributed by atoms with van der Waals surface area (Å²) >= 11 is -1.33. The molecular formula is C20H32Cl2SiTi. The summed E-state index contributed by atoms with van der Waals surface area (Å²) in [7, 11) is 0. The van der Waals surface area contributed by atoms with E-state index in [4.69, 9.17) is 0 Å². The molecule has 2 aliphatic carbocycles. The predicted octanol–water partition coefficient (Wildman–Crippen LogP) is 0.384. The maximum absolute atomic E-state index is 2.57. The minimum atomic E-state index is -1.33. The van der Waals surface area contributed by atoms with Crippen LogP contribution in [-0.2, 0) is 16.6 Å². The van der Waals surface area contributed by atoms with Crippen LogP contribution in [0.4, 0.5) is 0 Å². The molecule has 4 heteroatoms. The summed E-state index contributed by atoms with van der Waals surface area (Å²) in [4.78, 5) is 0. The van der Waals surface area contributed by atoms with E-state index < -0.39 is 16.6 Å². The van der Waals surface area contributed by atoms with Crippen LogP contribution >= 0.6 is 0 Å². The fourth-order valence-electron chi connectivity index (χ4n) is 3.67. The van der Waals surface area contributed by atoms with Crippen molar-refractivity contribution in [3.05, 3.63) is 43.2 Å². The molecule has 0 radical (unpaired) electrons. The van der Waals surface area contributed by atoms with Crippen molar-refractivity contribution in [2.75, 3.05) is 0 Å². The van der Waals surface area contributed by atoms with Gasteiger partial charge in [0, 0.05) is 0 Å². The Labute approximate surface area is 168 Å². The molecule has 0 aromatic carbocycles. The van der Waals surface area contributed by atoms with Crippen LogP contribution in [0.2, 0.25) is 13.1 Å². The molecule has 0 unspecified atom stereocenters. The predicted molar refractivity (Wildman–Crippen MR) is 98.0 cm³/mol. The van der Waals surface area contributed by atoms with E-state index >= 15 is 0 Å². The van der Waals surface area contributed by atoms with Crippen LogP contribution in [0.5, 0.6) is 0 Å². The Bertz CT molecular complexity index is 582. The Morgan fingerprint density at radius 3 is 1.33 bits per heavy atom. The van der Waals surface area contributed by atoms with Crippen molar-refractivity contribution in [1.82, 2.24) is 0 Å². The third-order valence-corrected chi connectivity index (χ3v) is 16.1. The first kappa shape index (κ1) is 24.5. The van der Waals surface area contributed by atoms with Gasteiger partial charge in [0.15, 0.2) is 0 Å². The van der Waals surface area contributed by atoms with Crippen molar-refractivity contribution in [3.63, 3.8) is 0 Å². The molecule has 2 rings (SSSR count). The van der Waals surface area contributed by atoms with Gasteiger partial charge in [-0.1, -0.05) is 0 Å². The van der Waals surface area contributed by atoms with Crippen molar-refractivity contribution in [2.45, 2.75) is 67.5 Å². The van der Waals surface area contributed by atoms with Gasteiger partial charge >= 0.3 is 144 Å². The van der Waals surface area contributed by atoms with Crippen LogP contribution in [-0.4, -0.2) is 6.19 Å². The van der Waals surface area contributed by atoms with Gasteiger partial charge in [0.2, 0.25) is 0 Å².